The van der Waals surface area contributed by atoms with Crippen LogP contribution in [0.1, 0.15) is 24.1 Å². The molecule has 3 heteroatoms. The van der Waals surface area contributed by atoms with Gasteiger partial charge in [-0.05, 0) is 42.5 Å². The first-order chi connectivity index (χ1) is 7.36. The van der Waals surface area contributed by atoms with E-state index in [1.54, 1.807) is 0 Å². The molecular formula is C13H13N2Y+2. The second-order valence-corrected chi connectivity index (χ2v) is 4.10. The van der Waals surface area contributed by atoms with Crippen LogP contribution >= 0.6 is 0 Å². The van der Waals surface area contributed by atoms with Crippen LogP contribution in [0.25, 0.3) is 10.9 Å². The zero-order valence-corrected chi connectivity index (χ0v) is 12.0. The van der Waals surface area contributed by atoms with Gasteiger partial charge in [0.05, 0.1) is 0 Å². The van der Waals surface area contributed by atoms with Crippen LogP contribution in [0.2, 0.25) is 0 Å². The summed E-state index contributed by atoms with van der Waals surface area (Å²) in [4.78, 5) is 4.68. The van der Waals surface area contributed by atoms with E-state index in [1.807, 2.05) is 18.2 Å². The van der Waals surface area contributed by atoms with E-state index in [0.717, 1.165) is 29.4 Å². The molecule has 76 valence electrons. The van der Waals surface area contributed by atoms with Crippen molar-refractivity contribution in [3.8, 4) is 0 Å². The number of aryl methyl sites for hydroxylation is 1. The molecule has 0 unspecified atom stereocenters. The molecule has 0 amide bonds. The Hall–Kier alpha value is -0.466. The Kier molecular flexibility index (Phi) is 3.61. The summed E-state index contributed by atoms with van der Waals surface area (Å²) in [5.74, 6) is 0. The smallest absolute Gasteiger partial charge is 0.408 e. The normalized spacial score (nSPS) is 14.2. The molecule has 1 aliphatic carbocycles. The van der Waals surface area contributed by atoms with Crippen molar-refractivity contribution >= 4 is 16.6 Å². The maximum atomic E-state index is 6.18. The number of hydrogen-bond acceptors (Lipinski definition) is 2. The van der Waals surface area contributed by atoms with Crippen molar-refractivity contribution in [2.24, 2.45) is 0 Å². The predicted octanol–water partition coefficient (Wildman–Crippen LogP) is 2.49. The number of hydrogen-bond donors (Lipinski definition) is 1. The van der Waals surface area contributed by atoms with Crippen molar-refractivity contribution in [1.29, 1.82) is 0 Å². The number of aromatic nitrogens is 1. The minimum absolute atomic E-state index is 0. The Bertz CT molecular complexity index is 523. The average molecular weight is 286 g/mol. The van der Waals surface area contributed by atoms with Crippen molar-refractivity contribution in [3.63, 3.8) is 0 Å². The van der Waals surface area contributed by atoms with Crippen LogP contribution in [-0.2, 0) is 45.6 Å². The molecule has 2 aromatic rings. The SMILES string of the molecule is Nc1c2c(nc3cc[c-]cc13)CCCC2.[Y+3]. The average Bonchev–Trinajstić information content (AvgIpc) is 2.30. The maximum absolute atomic E-state index is 6.18. The van der Waals surface area contributed by atoms with Gasteiger partial charge in [0, 0.05) is 5.69 Å². The van der Waals surface area contributed by atoms with E-state index in [4.69, 9.17) is 5.73 Å². The number of rotatable bonds is 0. The van der Waals surface area contributed by atoms with Crippen molar-refractivity contribution in [1.82, 2.24) is 4.98 Å². The van der Waals surface area contributed by atoms with Gasteiger partial charge in [-0.25, -0.2) is 0 Å². The summed E-state index contributed by atoms with van der Waals surface area (Å²) in [6.07, 6.45) is 4.64. The Morgan fingerprint density at radius 2 is 2.06 bits per heavy atom. The standard InChI is InChI=1S/C13H13N2.Y/c14-13-9-5-1-3-7-11(9)15-12-8-4-2-6-10(12)13;/h4,6,8H,1,3,5,7H2,(H2,14,15);/q-1;+3. The van der Waals surface area contributed by atoms with Gasteiger partial charge in [-0.2, -0.15) is 18.2 Å². The number of nitrogen functional groups attached to an aromatic ring is 1. The molecule has 1 heterocycles. The van der Waals surface area contributed by atoms with Crippen LogP contribution in [0.5, 0.6) is 0 Å². The number of nitrogens with zero attached hydrogens (tertiary/aromatic N) is 1. The summed E-state index contributed by atoms with van der Waals surface area (Å²) in [5.41, 5.74) is 10.6. The van der Waals surface area contributed by atoms with Crippen molar-refractivity contribution < 1.29 is 32.7 Å². The van der Waals surface area contributed by atoms with E-state index in [-0.39, 0.29) is 32.7 Å². The fourth-order valence-electron chi connectivity index (χ4n) is 2.35. The van der Waals surface area contributed by atoms with Crippen LogP contribution in [0.3, 0.4) is 0 Å². The molecule has 16 heavy (non-hydrogen) atoms. The number of benzene rings is 1. The van der Waals surface area contributed by atoms with Gasteiger partial charge in [0.15, 0.2) is 0 Å². The van der Waals surface area contributed by atoms with Crippen LogP contribution in [0, 0.1) is 6.07 Å². The third-order valence-corrected chi connectivity index (χ3v) is 3.15. The molecule has 0 aliphatic heterocycles. The number of anilines is 1. The van der Waals surface area contributed by atoms with Crippen molar-refractivity contribution in [3.05, 3.63) is 35.5 Å². The fraction of sp³-hybridized carbons (Fsp3) is 0.308. The first kappa shape index (κ1) is 12.0. The molecule has 2 N–H and O–H groups in total. The molecule has 0 atom stereocenters. The zero-order valence-electron chi connectivity index (χ0n) is 9.16. The minimum atomic E-state index is 0. The van der Waals surface area contributed by atoms with Crippen molar-refractivity contribution in [2.75, 3.05) is 5.73 Å². The summed E-state index contributed by atoms with van der Waals surface area (Å²) in [5, 5.41) is 1.05. The number of fused-ring (bicyclic) bond motifs is 2. The quantitative estimate of drug-likeness (QED) is 0.756. The summed E-state index contributed by atoms with van der Waals surface area (Å²) >= 11 is 0. The van der Waals surface area contributed by atoms with E-state index >= 15 is 0 Å². The third kappa shape index (κ3) is 1.89. The van der Waals surface area contributed by atoms with Gasteiger partial charge >= 0.3 is 32.7 Å². The number of pyridine rings is 1. The maximum Gasteiger partial charge on any atom is 3.00 e. The summed E-state index contributed by atoms with van der Waals surface area (Å²) in [7, 11) is 0. The molecule has 0 radical (unpaired) electrons. The van der Waals surface area contributed by atoms with Crippen LogP contribution in [-0.4, -0.2) is 4.98 Å². The first-order valence-corrected chi connectivity index (χ1v) is 5.43. The van der Waals surface area contributed by atoms with Gasteiger partial charge < -0.3 is 5.73 Å². The Balaban J connectivity index is 0.000000963. The predicted molar refractivity (Wildman–Crippen MR) is 61.6 cm³/mol. The molecule has 0 saturated heterocycles. The summed E-state index contributed by atoms with van der Waals surface area (Å²) in [6, 6.07) is 8.88. The Morgan fingerprint density at radius 1 is 1.25 bits per heavy atom. The van der Waals surface area contributed by atoms with Gasteiger partial charge in [0.1, 0.15) is 0 Å². The van der Waals surface area contributed by atoms with Crippen molar-refractivity contribution in [2.45, 2.75) is 25.7 Å². The van der Waals surface area contributed by atoms with E-state index in [0.29, 0.717) is 0 Å². The third-order valence-electron chi connectivity index (χ3n) is 3.15. The molecule has 3 rings (SSSR count). The molecule has 0 bridgehead atoms. The molecule has 1 aromatic heterocycles. The molecule has 2 nitrogen and oxygen atoms in total. The van der Waals surface area contributed by atoms with E-state index in [1.165, 1.54) is 24.1 Å². The summed E-state index contributed by atoms with van der Waals surface area (Å²) in [6.45, 7) is 0. The zero-order chi connectivity index (χ0) is 10.3. The molecular weight excluding hydrogens is 273 g/mol. The van der Waals surface area contributed by atoms with Gasteiger partial charge in [0.2, 0.25) is 0 Å². The number of nitrogens with two attached hydrogens (primary N) is 1. The van der Waals surface area contributed by atoms with E-state index in [9.17, 15) is 0 Å². The van der Waals surface area contributed by atoms with Gasteiger partial charge in [-0.15, -0.1) is 6.07 Å². The largest absolute Gasteiger partial charge is 3.00 e. The van der Waals surface area contributed by atoms with Gasteiger partial charge in [-0.3, -0.25) is 4.98 Å². The molecule has 0 spiro atoms. The molecule has 0 fully saturated rings. The molecule has 1 aliphatic rings. The topological polar surface area (TPSA) is 38.9 Å². The van der Waals surface area contributed by atoms with Gasteiger partial charge in [-0.1, -0.05) is 5.39 Å². The Labute approximate surface area is 121 Å². The fourth-order valence-corrected chi connectivity index (χ4v) is 2.35. The van der Waals surface area contributed by atoms with Crippen LogP contribution in [0.4, 0.5) is 5.69 Å². The second-order valence-electron chi connectivity index (χ2n) is 4.10. The molecule has 0 saturated carbocycles. The van der Waals surface area contributed by atoms with Crippen LogP contribution < -0.4 is 5.73 Å². The minimum Gasteiger partial charge on any atom is -0.408 e. The monoisotopic (exact) mass is 286 g/mol. The first-order valence-electron chi connectivity index (χ1n) is 5.43. The van der Waals surface area contributed by atoms with E-state index < -0.39 is 0 Å². The van der Waals surface area contributed by atoms with Gasteiger partial charge in [0.25, 0.3) is 0 Å². The second kappa shape index (κ2) is 4.81. The summed E-state index contributed by atoms with van der Waals surface area (Å²) < 4.78 is 0. The Morgan fingerprint density at radius 3 is 2.94 bits per heavy atom. The van der Waals surface area contributed by atoms with E-state index in [2.05, 4.69) is 11.1 Å². The van der Waals surface area contributed by atoms with Crippen LogP contribution in [0.15, 0.2) is 18.2 Å². The molecule has 1 aromatic carbocycles.